The van der Waals surface area contributed by atoms with Crippen LogP contribution in [0.15, 0.2) is 58.3 Å². The molecule has 0 saturated heterocycles. The number of ether oxygens (including phenoxy) is 1. The first kappa shape index (κ1) is 16.2. The van der Waals surface area contributed by atoms with Crippen molar-refractivity contribution in [3.8, 4) is 11.4 Å². The molecule has 8 nitrogen and oxygen atoms in total. The number of rotatable bonds is 6. The van der Waals surface area contributed by atoms with Crippen LogP contribution in [0, 0.1) is 0 Å². The third kappa shape index (κ3) is 3.67. The second kappa shape index (κ2) is 7.28. The molecule has 0 spiro atoms. The van der Waals surface area contributed by atoms with E-state index in [4.69, 9.17) is 9.26 Å². The quantitative estimate of drug-likeness (QED) is 0.483. The number of aromatic nitrogens is 5. The van der Waals surface area contributed by atoms with Gasteiger partial charge in [-0.15, -0.1) is 0 Å². The van der Waals surface area contributed by atoms with E-state index in [2.05, 4.69) is 20.2 Å². The highest BCUT2D eigenvalue weighted by molar-refractivity contribution is 7.08. The molecule has 4 rings (SSSR count). The van der Waals surface area contributed by atoms with E-state index in [0.717, 1.165) is 11.1 Å². The van der Waals surface area contributed by atoms with E-state index in [1.807, 2.05) is 29.0 Å². The van der Waals surface area contributed by atoms with Gasteiger partial charge >= 0.3 is 5.97 Å². The molecular weight excluding hydrogens is 354 g/mol. The van der Waals surface area contributed by atoms with Crippen molar-refractivity contribution in [3.05, 3.63) is 70.8 Å². The van der Waals surface area contributed by atoms with Gasteiger partial charge < -0.3 is 9.26 Å². The number of nitrogens with zero attached hydrogens (tertiary/aromatic N) is 5. The standard InChI is InChI=1S/C17H13N5O3S/c23-17(13-3-1-12(2-4-13)7-22-11-18-10-19-22)24-8-15-20-16(21-25-15)14-5-6-26-9-14/h1-6,9-11H,7-8H2. The Morgan fingerprint density at radius 2 is 2.12 bits per heavy atom. The molecular formula is C17H13N5O3S. The second-order valence-electron chi connectivity index (χ2n) is 5.39. The number of esters is 1. The maximum atomic E-state index is 12.1. The highest BCUT2D eigenvalue weighted by Crippen LogP contribution is 2.19. The minimum Gasteiger partial charge on any atom is -0.452 e. The summed E-state index contributed by atoms with van der Waals surface area (Å²) in [6.07, 6.45) is 3.12. The Morgan fingerprint density at radius 1 is 1.23 bits per heavy atom. The van der Waals surface area contributed by atoms with Gasteiger partial charge in [0, 0.05) is 10.9 Å². The Bertz CT molecular complexity index is 978. The largest absolute Gasteiger partial charge is 0.452 e. The Labute approximate surface area is 152 Å². The number of carbonyl (C=O) groups excluding carboxylic acids is 1. The van der Waals surface area contributed by atoms with Crippen LogP contribution in [-0.4, -0.2) is 30.9 Å². The molecule has 0 saturated carbocycles. The van der Waals surface area contributed by atoms with Crippen LogP contribution in [0.1, 0.15) is 21.8 Å². The lowest BCUT2D eigenvalue weighted by Gasteiger charge is -2.04. The molecule has 9 heteroatoms. The van der Waals surface area contributed by atoms with E-state index in [0.29, 0.717) is 17.9 Å². The van der Waals surface area contributed by atoms with E-state index >= 15 is 0 Å². The fraction of sp³-hybridized carbons (Fsp3) is 0.118. The van der Waals surface area contributed by atoms with Crippen LogP contribution >= 0.6 is 11.3 Å². The number of benzene rings is 1. The monoisotopic (exact) mass is 367 g/mol. The molecule has 0 aliphatic heterocycles. The summed E-state index contributed by atoms with van der Waals surface area (Å²) in [6, 6.07) is 9.00. The summed E-state index contributed by atoms with van der Waals surface area (Å²) in [4.78, 5) is 20.2. The lowest BCUT2D eigenvalue weighted by molar-refractivity contribution is 0.0430. The summed E-state index contributed by atoms with van der Waals surface area (Å²) < 4.78 is 12.0. The average Bonchev–Trinajstić information content (AvgIpc) is 3.41. The molecule has 0 aliphatic carbocycles. The average molecular weight is 367 g/mol. The first-order chi connectivity index (χ1) is 12.8. The molecule has 4 aromatic rings. The van der Waals surface area contributed by atoms with Crippen LogP contribution in [0.3, 0.4) is 0 Å². The normalized spacial score (nSPS) is 10.8. The summed E-state index contributed by atoms with van der Waals surface area (Å²) in [7, 11) is 0. The highest BCUT2D eigenvalue weighted by Gasteiger charge is 2.13. The molecule has 0 fully saturated rings. The van der Waals surface area contributed by atoms with Gasteiger partial charge in [-0.1, -0.05) is 17.3 Å². The van der Waals surface area contributed by atoms with Gasteiger partial charge in [0.05, 0.1) is 12.1 Å². The van der Waals surface area contributed by atoms with Crippen molar-refractivity contribution in [2.24, 2.45) is 0 Å². The van der Waals surface area contributed by atoms with Crippen molar-refractivity contribution < 1.29 is 14.1 Å². The van der Waals surface area contributed by atoms with Crippen LogP contribution in [0.5, 0.6) is 0 Å². The van der Waals surface area contributed by atoms with Gasteiger partial charge in [0.25, 0.3) is 5.89 Å². The maximum Gasteiger partial charge on any atom is 0.338 e. The van der Waals surface area contributed by atoms with Crippen LogP contribution in [0.25, 0.3) is 11.4 Å². The first-order valence-corrected chi connectivity index (χ1v) is 8.66. The molecule has 0 atom stereocenters. The van der Waals surface area contributed by atoms with Crippen molar-refractivity contribution in [2.75, 3.05) is 0 Å². The van der Waals surface area contributed by atoms with Crippen molar-refractivity contribution in [1.82, 2.24) is 24.9 Å². The first-order valence-electron chi connectivity index (χ1n) is 7.71. The zero-order chi connectivity index (χ0) is 17.8. The van der Waals surface area contributed by atoms with Crippen LogP contribution in [-0.2, 0) is 17.9 Å². The predicted octanol–water partition coefficient (Wildman–Crippen LogP) is 2.79. The van der Waals surface area contributed by atoms with Crippen LogP contribution in [0.2, 0.25) is 0 Å². The molecule has 3 aromatic heterocycles. The van der Waals surface area contributed by atoms with E-state index in [1.165, 1.54) is 6.33 Å². The van der Waals surface area contributed by atoms with E-state index in [1.54, 1.807) is 34.5 Å². The van der Waals surface area contributed by atoms with Gasteiger partial charge in [-0.25, -0.2) is 14.5 Å². The van der Waals surface area contributed by atoms with Gasteiger partial charge in [-0.05, 0) is 29.1 Å². The molecule has 0 radical (unpaired) electrons. The van der Waals surface area contributed by atoms with Gasteiger partial charge in [-0.2, -0.15) is 21.4 Å². The van der Waals surface area contributed by atoms with Gasteiger partial charge in [0.15, 0.2) is 6.61 Å². The molecule has 3 heterocycles. The summed E-state index contributed by atoms with van der Waals surface area (Å²) in [6.45, 7) is 0.513. The zero-order valence-corrected chi connectivity index (χ0v) is 14.3. The number of hydrogen-bond acceptors (Lipinski definition) is 8. The summed E-state index contributed by atoms with van der Waals surface area (Å²) in [5, 5.41) is 11.8. The SMILES string of the molecule is O=C(OCc1nc(-c2ccsc2)no1)c1ccc(Cn2cncn2)cc1. The molecule has 1 aromatic carbocycles. The molecule has 0 N–H and O–H groups in total. The van der Waals surface area contributed by atoms with E-state index in [-0.39, 0.29) is 12.5 Å². The summed E-state index contributed by atoms with van der Waals surface area (Å²) in [5.41, 5.74) is 2.33. The summed E-state index contributed by atoms with van der Waals surface area (Å²) in [5.74, 6) is 0.282. The van der Waals surface area contributed by atoms with E-state index in [9.17, 15) is 4.79 Å². The topological polar surface area (TPSA) is 95.9 Å². The second-order valence-corrected chi connectivity index (χ2v) is 6.17. The van der Waals surface area contributed by atoms with Crippen molar-refractivity contribution in [2.45, 2.75) is 13.2 Å². The van der Waals surface area contributed by atoms with Crippen LogP contribution < -0.4 is 0 Å². The predicted molar refractivity (Wildman–Crippen MR) is 92.3 cm³/mol. The fourth-order valence-electron chi connectivity index (χ4n) is 2.28. The molecule has 0 unspecified atom stereocenters. The molecule has 0 bridgehead atoms. The Balaban J connectivity index is 1.34. The minimum atomic E-state index is -0.451. The smallest absolute Gasteiger partial charge is 0.338 e. The zero-order valence-electron chi connectivity index (χ0n) is 13.5. The lowest BCUT2D eigenvalue weighted by atomic mass is 10.1. The van der Waals surface area contributed by atoms with Crippen molar-refractivity contribution in [1.29, 1.82) is 0 Å². The van der Waals surface area contributed by atoms with Gasteiger partial charge in [0.2, 0.25) is 5.82 Å². The fourth-order valence-corrected chi connectivity index (χ4v) is 2.92. The van der Waals surface area contributed by atoms with Gasteiger partial charge in [0.1, 0.15) is 12.7 Å². The van der Waals surface area contributed by atoms with Crippen LogP contribution in [0.4, 0.5) is 0 Å². The summed E-state index contributed by atoms with van der Waals surface area (Å²) >= 11 is 1.55. The maximum absolute atomic E-state index is 12.1. The van der Waals surface area contributed by atoms with Crippen molar-refractivity contribution >= 4 is 17.3 Å². The number of thiophene rings is 1. The molecule has 0 aliphatic rings. The Hall–Kier alpha value is -3.33. The number of carbonyl (C=O) groups is 1. The third-order valence-electron chi connectivity index (χ3n) is 3.57. The Kier molecular flexibility index (Phi) is 4.52. The highest BCUT2D eigenvalue weighted by atomic mass is 32.1. The number of hydrogen-bond donors (Lipinski definition) is 0. The molecule has 0 amide bonds. The minimum absolute atomic E-state index is 0.0727. The Morgan fingerprint density at radius 3 is 2.85 bits per heavy atom. The van der Waals surface area contributed by atoms with E-state index < -0.39 is 5.97 Å². The van der Waals surface area contributed by atoms with Gasteiger partial charge in [-0.3, -0.25) is 0 Å². The van der Waals surface area contributed by atoms with Crippen molar-refractivity contribution in [3.63, 3.8) is 0 Å². The third-order valence-corrected chi connectivity index (χ3v) is 4.26. The molecule has 26 heavy (non-hydrogen) atoms. The lowest BCUT2D eigenvalue weighted by Crippen LogP contribution is -2.06. The molecule has 130 valence electrons.